The van der Waals surface area contributed by atoms with Crippen LogP contribution in [0.25, 0.3) is 0 Å². The lowest BCUT2D eigenvalue weighted by Crippen LogP contribution is -2.35. The summed E-state index contributed by atoms with van der Waals surface area (Å²) in [7, 11) is 0. The van der Waals surface area contributed by atoms with Crippen LogP contribution in [0.2, 0.25) is 0 Å². The van der Waals surface area contributed by atoms with Crippen molar-refractivity contribution in [2.75, 3.05) is 45.9 Å². The van der Waals surface area contributed by atoms with E-state index in [1.165, 1.54) is 69.3 Å². The van der Waals surface area contributed by atoms with Gasteiger partial charge in [0.1, 0.15) is 0 Å². The number of benzene rings is 1. The van der Waals surface area contributed by atoms with Gasteiger partial charge >= 0.3 is 0 Å². The molecular formula is C25H36N2O2. The molecule has 1 aliphatic carbocycles. The third-order valence-electron chi connectivity index (χ3n) is 8.01. The zero-order chi connectivity index (χ0) is 19.6. The third kappa shape index (κ3) is 4.25. The summed E-state index contributed by atoms with van der Waals surface area (Å²) in [5.74, 6) is 2.43. The molecule has 158 valence electrons. The number of hydrogen-bond acceptors (Lipinski definition) is 3. The van der Waals surface area contributed by atoms with Crippen molar-refractivity contribution in [3.63, 3.8) is 0 Å². The molecule has 29 heavy (non-hydrogen) atoms. The molecule has 1 aromatic rings. The summed E-state index contributed by atoms with van der Waals surface area (Å²) in [6.07, 6.45) is 8.70. The Morgan fingerprint density at radius 3 is 2.59 bits per heavy atom. The van der Waals surface area contributed by atoms with Crippen LogP contribution in [0.3, 0.4) is 0 Å². The van der Waals surface area contributed by atoms with Crippen LogP contribution in [0.4, 0.5) is 0 Å². The lowest BCUT2D eigenvalue weighted by molar-refractivity contribution is -0.134. The molecule has 3 heterocycles. The van der Waals surface area contributed by atoms with E-state index in [4.69, 9.17) is 4.74 Å². The highest BCUT2D eigenvalue weighted by Crippen LogP contribution is 2.45. The van der Waals surface area contributed by atoms with E-state index in [0.29, 0.717) is 30.3 Å². The van der Waals surface area contributed by atoms with Crippen molar-refractivity contribution in [2.24, 2.45) is 17.8 Å². The first-order valence-electron chi connectivity index (χ1n) is 12.0. The maximum absolute atomic E-state index is 12.9. The standard InChI is InChI=1S/C25H36N2O2/c28-25(22-11-15-29-18-22)27-16-21-4-3-5-23(24(21)17-27)20-8-6-19(7-9-20)10-14-26-12-1-2-13-26/h6-9,21-24H,1-5,10-18H2/t21-,22?,23?,24+/m1/s1. The molecule has 3 aliphatic heterocycles. The van der Waals surface area contributed by atoms with Crippen LogP contribution in [0.5, 0.6) is 0 Å². The lowest BCUT2D eigenvalue weighted by Gasteiger charge is -2.33. The van der Waals surface area contributed by atoms with Crippen LogP contribution in [0.1, 0.15) is 55.6 Å². The van der Waals surface area contributed by atoms with Gasteiger partial charge in [0.15, 0.2) is 0 Å². The smallest absolute Gasteiger partial charge is 0.228 e. The predicted molar refractivity (Wildman–Crippen MR) is 115 cm³/mol. The zero-order valence-electron chi connectivity index (χ0n) is 17.7. The van der Waals surface area contributed by atoms with Gasteiger partial charge in [-0.05, 0) is 80.5 Å². The van der Waals surface area contributed by atoms with Crippen LogP contribution in [0, 0.1) is 17.8 Å². The quantitative estimate of drug-likeness (QED) is 0.761. The Bertz CT molecular complexity index is 691. The first-order valence-corrected chi connectivity index (χ1v) is 12.0. The highest BCUT2D eigenvalue weighted by atomic mass is 16.5. The van der Waals surface area contributed by atoms with Crippen molar-refractivity contribution in [3.8, 4) is 0 Å². The molecule has 4 fully saturated rings. The average molecular weight is 397 g/mol. The number of hydrogen-bond donors (Lipinski definition) is 0. The minimum absolute atomic E-state index is 0.114. The first-order chi connectivity index (χ1) is 14.3. The van der Waals surface area contributed by atoms with E-state index in [-0.39, 0.29) is 5.92 Å². The molecule has 0 spiro atoms. The van der Waals surface area contributed by atoms with E-state index in [2.05, 4.69) is 34.1 Å². The van der Waals surface area contributed by atoms with E-state index in [9.17, 15) is 4.79 Å². The number of likely N-dealkylation sites (tertiary alicyclic amines) is 2. The second-order valence-corrected chi connectivity index (χ2v) is 9.81. The minimum Gasteiger partial charge on any atom is -0.381 e. The number of fused-ring (bicyclic) bond motifs is 1. The maximum Gasteiger partial charge on any atom is 0.228 e. The summed E-state index contributed by atoms with van der Waals surface area (Å²) in [4.78, 5) is 17.7. The highest BCUT2D eigenvalue weighted by Gasteiger charge is 2.43. The number of amides is 1. The normalized spacial score (nSPS) is 32.6. The van der Waals surface area contributed by atoms with Crippen LogP contribution in [-0.4, -0.2) is 61.6 Å². The van der Waals surface area contributed by atoms with Crippen molar-refractivity contribution in [1.29, 1.82) is 0 Å². The molecule has 4 atom stereocenters. The van der Waals surface area contributed by atoms with Crippen LogP contribution >= 0.6 is 0 Å². The van der Waals surface area contributed by atoms with Gasteiger partial charge in [0, 0.05) is 26.2 Å². The molecule has 4 nitrogen and oxygen atoms in total. The Balaban J connectivity index is 1.21. The summed E-state index contributed by atoms with van der Waals surface area (Å²) in [6.45, 7) is 7.09. The van der Waals surface area contributed by atoms with Crippen molar-refractivity contribution >= 4 is 5.91 Å². The fourth-order valence-electron chi connectivity index (χ4n) is 6.28. The SMILES string of the molecule is O=C(C1CCOC1)N1C[C@H]2CCCC(c3ccc(CCN4CCCC4)cc3)[C@H]2C1. The molecule has 4 heteroatoms. The molecule has 1 aromatic carbocycles. The molecule has 1 saturated carbocycles. The monoisotopic (exact) mass is 396 g/mol. The Kier molecular flexibility index (Phi) is 5.92. The second kappa shape index (κ2) is 8.77. The van der Waals surface area contributed by atoms with Gasteiger partial charge in [0.05, 0.1) is 12.5 Å². The highest BCUT2D eigenvalue weighted by molar-refractivity contribution is 5.79. The second-order valence-electron chi connectivity index (χ2n) is 9.81. The van der Waals surface area contributed by atoms with Gasteiger partial charge in [-0.1, -0.05) is 30.7 Å². The topological polar surface area (TPSA) is 32.8 Å². The molecule has 4 aliphatic rings. The van der Waals surface area contributed by atoms with Gasteiger partial charge in [0.2, 0.25) is 5.91 Å². The van der Waals surface area contributed by atoms with Crippen molar-refractivity contribution < 1.29 is 9.53 Å². The number of ether oxygens (including phenoxy) is 1. The van der Waals surface area contributed by atoms with Gasteiger partial charge < -0.3 is 14.5 Å². The van der Waals surface area contributed by atoms with E-state index < -0.39 is 0 Å². The van der Waals surface area contributed by atoms with Gasteiger partial charge in [-0.3, -0.25) is 4.79 Å². The summed E-state index contributed by atoms with van der Waals surface area (Å²) in [5, 5.41) is 0. The molecule has 0 N–H and O–H groups in total. The number of carbonyl (C=O) groups is 1. The zero-order valence-corrected chi connectivity index (χ0v) is 17.7. The van der Waals surface area contributed by atoms with Crippen molar-refractivity contribution in [3.05, 3.63) is 35.4 Å². The maximum atomic E-state index is 12.9. The van der Waals surface area contributed by atoms with Gasteiger partial charge in [-0.25, -0.2) is 0 Å². The van der Waals surface area contributed by atoms with E-state index >= 15 is 0 Å². The largest absolute Gasteiger partial charge is 0.381 e. The van der Waals surface area contributed by atoms with Gasteiger partial charge in [-0.15, -0.1) is 0 Å². The predicted octanol–water partition coefficient (Wildman–Crippen LogP) is 3.70. The Labute approximate surface area is 175 Å². The first kappa shape index (κ1) is 19.6. The van der Waals surface area contributed by atoms with Crippen LogP contribution < -0.4 is 0 Å². The van der Waals surface area contributed by atoms with Crippen molar-refractivity contribution in [1.82, 2.24) is 9.80 Å². The fraction of sp³-hybridized carbons (Fsp3) is 0.720. The molecule has 5 rings (SSSR count). The Hall–Kier alpha value is -1.39. The molecule has 3 saturated heterocycles. The molecule has 0 radical (unpaired) electrons. The summed E-state index contributed by atoms with van der Waals surface area (Å²) in [6, 6.07) is 9.51. The molecule has 0 aromatic heterocycles. The molecule has 2 unspecified atom stereocenters. The molecule has 1 amide bonds. The van der Waals surface area contributed by atoms with E-state index in [1.54, 1.807) is 0 Å². The lowest BCUT2D eigenvalue weighted by atomic mass is 9.71. The molecular weight excluding hydrogens is 360 g/mol. The molecule has 0 bridgehead atoms. The number of carbonyl (C=O) groups excluding carboxylic acids is 1. The van der Waals surface area contributed by atoms with Crippen molar-refractivity contribution in [2.45, 2.75) is 50.9 Å². The summed E-state index contributed by atoms with van der Waals surface area (Å²) >= 11 is 0. The number of nitrogens with zero attached hydrogens (tertiary/aromatic N) is 2. The summed E-state index contributed by atoms with van der Waals surface area (Å²) < 4.78 is 5.46. The third-order valence-corrected chi connectivity index (χ3v) is 8.01. The Morgan fingerprint density at radius 2 is 1.83 bits per heavy atom. The van der Waals surface area contributed by atoms with Gasteiger partial charge in [0.25, 0.3) is 0 Å². The average Bonchev–Trinajstić information content (AvgIpc) is 3.53. The minimum atomic E-state index is 0.114. The van der Waals surface area contributed by atoms with E-state index in [0.717, 1.165) is 26.1 Å². The van der Waals surface area contributed by atoms with Gasteiger partial charge in [-0.2, -0.15) is 0 Å². The fourth-order valence-corrected chi connectivity index (χ4v) is 6.28. The van der Waals surface area contributed by atoms with E-state index in [1.807, 2.05) is 0 Å². The summed E-state index contributed by atoms with van der Waals surface area (Å²) in [5.41, 5.74) is 2.97. The number of rotatable bonds is 5. The van der Waals surface area contributed by atoms with Crippen LogP contribution in [-0.2, 0) is 16.0 Å². The van der Waals surface area contributed by atoms with Crippen LogP contribution in [0.15, 0.2) is 24.3 Å². The Morgan fingerprint density at radius 1 is 1.00 bits per heavy atom.